The summed E-state index contributed by atoms with van der Waals surface area (Å²) in [4.78, 5) is 10.8. The molecule has 0 aromatic carbocycles. The molecule has 1 aliphatic rings. The second kappa shape index (κ2) is 2.70. The number of rotatable bonds is 3. The first-order valence-corrected chi connectivity index (χ1v) is 3.89. The Morgan fingerprint density at radius 3 is 2.40 bits per heavy atom. The van der Waals surface area contributed by atoms with E-state index in [2.05, 4.69) is 6.92 Å². The van der Waals surface area contributed by atoms with Crippen LogP contribution in [0.4, 0.5) is 0 Å². The van der Waals surface area contributed by atoms with Gasteiger partial charge in [0, 0.05) is 0 Å². The molecule has 0 spiro atoms. The predicted molar refractivity (Wildman–Crippen MR) is 40.5 cm³/mol. The van der Waals surface area contributed by atoms with E-state index in [0.29, 0.717) is 5.92 Å². The van der Waals surface area contributed by atoms with Gasteiger partial charge in [-0.25, -0.2) is 0 Å². The maximum Gasteiger partial charge on any atom is 0.146 e. The van der Waals surface area contributed by atoms with E-state index >= 15 is 0 Å². The summed E-state index contributed by atoms with van der Waals surface area (Å²) < 4.78 is 0. The number of carbonyl (C=O) groups excluding carboxylic acids is 1. The third-order valence-corrected chi connectivity index (χ3v) is 2.40. The predicted octanol–water partition coefficient (Wildman–Crippen LogP) is 0.949. The van der Waals surface area contributed by atoms with Crippen LogP contribution in [0.5, 0.6) is 0 Å². The average Bonchev–Trinajstić information content (AvgIpc) is 2.65. The molecule has 0 amide bonds. The highest BCUT2D eigenvalue weighted by Crippen LogP contribution is 2.37. The smallest absolute Gasteiger partial charge is 0.146 e. The lowest BCUT2D eigenvalue weighted by Crippen LogP contribution is -2.36. The Balaban J connectivity index is 2.38. The Morgan fingerprint density at radius 1 is 1.60 bits per heavy atom. The molecule has 0 aromatic heterocycles. The number of Topliss-reactive ketones (excluding diaryl/α,β-unsaturated/α-hetero) is 1. The van der Waals surface area contributed by atoms with Crippen LogP contribution in [0.2, 0.25) is 0 Å². The number of carbonyl (C=O) groups is 1. The molecule has 2 nitrogen and oxygen atoms in total. The van der Waals surface area contributed by atoms with Crippen LogP contribution >= 0.6 is 0 Å². The van der Waals surface area contributed by atoms with E-state index in [1.165, 1.54) is 12.8 Å². The average molecular weight is 141 g/mol. The van der Waals surface area contributed by atoms with Crippen molar-refractivity contribution in [3.8, 4) is 0 Å². The highest BCUT2D eigenvalue weighted by atomic mass is 16.1. The monoisotopic (exact) mass is 141 g/mol. The molecule has 1 fully saturated rings. The number of ketones is 1. The van der Waals surface area contributed by atoms with Gasteiger partial charge in [-0.1, -0.05) is 6.92 Å². The topological polar surface area (TPSA) is 43.1 Å². The molecule has 0 heterocycles. The van der Waals surface area contributed by atoms with E-state index < -0.39 is 0 Å². The van der Waals surface area contributed by atoms with Gasteiger partial charge in [0.15, 0.2) is 0 Å². The molecule has 2 heteroatoms. The van der Waals surface area contributed by atoms with E-state index in [0.717, 1.165) is 5.92 Å². The zero-order chi connectivity index (χ0) is 7.72. The fraction of sp³-hybridized carbons (Fsp3) is 0.875. The molecule has 0 unspecified atom stereocenters. The van der Waals surface area contributed by atoms with Crippen molar-refractivity contribution in [2.75, 3.05) is 0 Å². The van der Waals surface area contributed by atoms with Gasteiger partial charge in [-0.2, -0.15) is 0 Å². The molecule has 58 valence electrons. The third kappa shape index (κ3) is 1.57. The van der Waals surface area contributed by atoms with Crippen LogP contribution in [0.3, 0.4) is 0 Å². The number of hydrogen-bond acceptors (Lipinski definition) is 2. The normalized spacial score (nSPS) is 23.9. The van der Waals surface area contributed by atoms with Crippen LogP contribution in [-0.4, -0.2) is 11.8 Å². The fourth-order valence-electron chi connectivity index (χ4n) is 1.29. The van der Waals surface area contributed by atoms with E-state index in [-0.39, 0.29) is 11.8 Å². The first-order chi connectivity index (χ1) is 4.63. The van der Waals surface area contributed by atoms with Crippen LogP contribution in [0.25, 0.3) is 0 Å². The van der Waals surface area contributed by atoms with Crippen molar-refractivity contribution in [2.24, 2.45) is 17.6 Å². The minimum absolute atomic E-state index is 0.124. The van der Waals surface area contributed by atoms with Gasteiger partial charge in [-0.15, -0.1) is 0 Å². The summed E-state index contributed by atoms with van der Waals surface area (Å²) in [5, 5.41) is 0. The molecule has 1 rings (SSSR count). The van der Waals surface area contributed by atoms with Crippen molar-refractivity contribution < 1.29 is 4.79 Å². The van der Waals surface area contributed by atoms with Crippen molar-refractivity contribution in [1.82, 2.24) is 0 Å². The number of hydrogen-bond donors (Lipinski definition) is 1. The SMILES string of the molecule is CC(=O)[C@H](N)[C@@H](C)C1CC1. The highest BCUT2D eigenvalue weighted by Gasteiger charge is 2.33. The van der Waals surface area contributed by atoms with Gasteiger partial charge in [0.05, 0.1) is 6.04 Å². The van der Waals surface area contributed by atoms with Gasteiger partial charge >= 0.3 is 0 Å². The minimum Gasteiger partial charge on any atom is -0.321 e. The van der Waals surface area contributed by atoms with Crippen molar-refractivity contribution in [2.45, 2.75) is 32.7 Å². The lowest BCUT2D eigenvalue weighted by Gasteiger charge is -2.15. The van der Waals surface area contributed by atoms with E-state index in [1.54, 1.807) is 6.92 Å². The molecule has 0 aromatic rings. The Hall–Kier alpha value is -0.370. The maximum absolute atomic E-state index is 10.8. The highest BCUT2D eigenvalue weighted by molar-refractivity contribution is 5.81. The largest absolute Gasteiger partial charge is 0.321 e. The van der Waals surface area contributed by atoms with Crippen molar-refractivity contribution in [3.05, 3.63) is 0 Å². The molecular formula is C8H15NO. The quantitative estimate of drug-likeness (QED) is 0.636. The van der Waals surface area contributed by atoms with Crippen LogP contribution in [0.1, 0.15) is 26.7 Å². The van der Waals surface area contributed by atoms with Gasteiger partial charge in [-0.05, 0) is 31.6 Å². The van der Waals surface area contributed by atoms with Crippen LogP contribution in [0, 0.1) is 11.8 Å². The second-order valence-electron chi connectivity index (χ2n) is 3.33. The summed E-state index contributed by atoms with van der Waals surface area (Å²) in [6.07, 6.45) is 2.53. The van der Waals surface area contributed by atoms with Gasteiger partial charge in [0.2, 0.25) is 0 Å². The van der Waals surface area contributed by atoms with Crippen molar-refractivity contribution in [1.29, 1.82) is 0 Å². The van der Waals surface area contributed by atoms with Crippen molar-refractivity contribution in [3.63, 3.8) is 0 Å². The Labute approximate surface area is 61.8 Å². The third-order valence-electron chi connectivity index (χ3n) is 2.40. The second-order valence-corrected chi connectivity index (χ2v) is 3.33. The summed E-state index contributed by atoms with van der Waals surface area (Å²) in [6.45, 7) is 3.65. The lowest BCUT2D eigenvalue weighted by molar-refractivity contribution is -0.119. The summed E-state index contributed by atoms with van der Waals surface area (Å²) in [6, 6.07) is -0.215. The Bertz CT molecular complexity index is 140. The molecule has 2 N–H and O–H groups in total. The van der Waals surface area contributed by atoms with E-state index in [9.17, 15) is 4.79 Å². The maximum atomic E-state index is 10.8. The fourth-order valence-corrected chi connectivity index (χ4v) is 1.29. The molecule has 10 heavy (non-hydrogen) atoms. The Kier molecular flexibility index (Phi) is 2.09. The summed E-state index contributed by atoms with van der Waals surface area (Å²) >= 11 is 0. The molecule has 1 aliphatic carbocycles. The molecular weight excluding hydrogens is 126 g/mol. The number of nitrogens with two attached hydrogens (primary N) is 1. The van der Waals surface area contributed by atoms with Gasteiger partial charge in [-0.3, -0.25) is 4.79 Å². The molecule has 0 saturated heterocycles. The van der Waals surface area contributed by atoms with E-state index in [1.807, 2.05) is 0 Å². The molecule has 0 bridgehead atoms. The molecule has 2 atom stereocenters. The Morgan fingerprint density at radius 2 is 2.10 bits per heavy atom. The lowest BCUT2D eigenvalue weighted by atomic mass is 9.95. The van der Waals surface area contributed by atoms with Gasteiger partial charge < -0.3 is 5.73 Å². The minimum atomic E-state index is -0.215. The summed E-state index contributed by atoms with van der Waals surface area (Å²) in [5.74, 6) is 1.26. The van der Waals surface area contributed by atoms with Gasteiger partial charge in [0.1, 0.15) is 5.78 Å². The zero-order valence-corrected chi connectivity index (χ0v) is 6.63. The van der Waals surface area contributed by atoms with Crippen LogP contribution in [0.15, 0.2) is 0 Å². The van der Waals surface area contributed by atoms with E-state index in [4.69, 9.17) is 5.73 Å². The summed E-state index contributed by atoms with van der Waals surface area (Å²) in [5.41, 5.74) is 5.65. The standard InChI is InChI=1S/C8H15NO/c1-5(7-3-4-7)8(9)6(2)10/h5,7-8H,3-4,9H2,1-2H3/t5-,8+/m0/s1. The van der Waals surface area contributed by atoms with Crippen LogP contribution < -0.4 is 5.73 Å². The first kappa shape index (κ1) is 7.73. The molecule has 1 saturated carbocycles. The summed E-state index contributed by atoms with van der Waals surface area (Å²) in [7, 11) is 0. The van der Waals surface area contributed by atoms with Crippen LogP contribution in [-0.2, 0) is 4.79 Å². The molecule has 0 radical (unpaired) electrons. The zero-order valence-electron chi connectivity index (χ0n) is 6.63. The van der Waals surface area contributed by atoms with Crippen molar-refractivity contribution >= 4 is 5.78 Å². The first-order valence-electron chi connectivity index (χ1n) is 3.89. The molecule has 0 aliphatic heterocycles. The van der Waals surface area contributed by atoms with Gasteiger partial charge in [0.25, 0.3) is 0 Å².